The molecule has 0 saturated carbocycles. The Morgan fingerprint density at radius 2 is 1.86 bits per heavy atom. The molecule has 0 atom stereocenters. The van der Waals surface area contributed by atoms with Gasteiger partial charge in [0.15, 0.2) is 0 Å². The fourth-order valence-corrected chi connectivity index (χ4v) is 2.36. The molecule has 1 N–H and O–H groups in total. The fourth-order valence-electron chi connectivity index (χ4n) is 2.36. The predicted molar refractivity (Wildman–Crippen MR) is 77.3 cm³/mol. The van der Waals surface area contributed by atoms with Gasteiger partial charge in [0.05, 0.1) is 12.8 Å². The predicted octanol–water partition coefficient (Wildman–Crippen LogP) is 2.78. The molecule has 5 nitrogen and oxygen atoms in total. The van der Waals surface area contributed by atoms with Gasteiger partial charge < -0.3 is 9.73 Å². The molecule has 3 amide bonds. The van der Waals surface area contributed by atoms with Gasteiger partial charge in [0, 0.05) is 5.56 Å². The molecule has 21 heavy (non-hydrogen) atoms. The summed E-state index contributed by atoms with van der Waals surface area (Å²) < 4.78 is 5.33. The van der Waals surface area contributed by atoms with Gasteiger partial charge in [0.25, 0.3) is 5.91 Å². The number of benzene rings is 1. The van der Waals surface area contributed by atoms with Crippen LogP contribution in [0.2, 0.25) is 0 Å². The molecule has 108 valence electrons. The molecule has 1 aromatic heterocycles. The van der Waals surface area contributed by atoms with Gasteiger partial charge in [-0.1, -0.05) is 24.3 Å². The summed E-state index contributed by atoms with van der Waals surface area (Å²) >= 11 is 0. The molecule has 0 unspecified atom stereocenters. The van der Waals surface area contributed by atoms with E-state index in [1.165, 1.54) is 4.90 Å². The molecular weight excluding hydrogens is 268 g/mol. The third kappa shape index (κ3) is 2.42. The van der Waals surface area contributed by atoms with Crippen molar-refractivity contribution in [3.05, 3.63) is 48.2 Å². The van der Waals surface area contributed by atoms with Gasteiger partial charge in [-0.15, -0.1) is 0 Å². The lowest BCUT2D eigenvalue weighted by Gasteiger charge is -2.16. The topological polar surface area (TPSA) is 62.6 Å². The molecule has 0 radical (unpaired) electrons. The van der Waals surface area contributed by atoms with Crippen molar-refractivity contribution in [2.75, 3.05) is 0 Å². The maximum atomic E-state index is 12.1. The SMILES string of the molecule is CC1(C)NC(=O)N(Cc2ccc(-c3ccco3)cc2)C1=O. The first-order valence-electron chi connectivity index (χ1n) is 6.74. The van der Waals surface area contributed by atoms with Crippen LogP contribution >= 0.6 is 0 Å². The van der Waals surface area contributed by atoms with Crippen LogP contribution in [0.25, 0.3) is 11.3 Å². The molecule has 1 aliphatic heterocycles. The van der Waals surface area contributed by atoms with E-state index in [1.807, 2.05) is 36.4 Å². The van der Waals surface area contributed by atoms with Crippen LogP contribution in [0.5, 0.6) is 0 Å². The molecular formula is C16H16N2O3. The summed E-state index contributed by atoms with van der Waals surface area (Å²) in [7, 11) is 0. The van der Waals surface area contributed by atoms with Crippen LogP contribution in [0.3, 0.4) is 0 Å². The second-order valence-corrected chi connectivity index (χ2v) is 5.62. The summed E-state index contributed by atoms with van der Waals surface area (Å²) in [5.74, 6) is 0.584. The average Bonchev–Trinajstić information content (AvgIpc) is 3.03. The molecule has 1 fully saturated rings. The molecule has 5 heteroatoms. The minimum absolute atomic E-state index is 0.206. The fraction of sp³-hybridized carbons (Fsp3) is 0.250. The zero-order chi connectivity index (χ0) is 15.0. The number of amides is 3. The second-order valence-electron chi connectivity index (χ2n) is 5.62. The highest BCUT2D eigenvalue weighted by molar-refractivity contribution is 6.06. The number of carbonyl (C=O) groups is 2. The Bertz CT molecular complexity index is 672. The molecule has 0 bridgehead atoms. The zero-order valence-corrected chi connectivity index (χ0v) is 11.9. The lowest BCUT2D eigenvalue weighted by Crippen LogP contribution is -2.40. The van der Waals surface area contributed by atoms with Crippen molar-refractivity contribution < 1.29 is 14.0 Å². The standard InChI is InChI=1S/C16H16N2O3/c1-16(2)14(19)18(15(20)17-16)10-11-5-7-12(8-6-11)13-4-3-9-21-13/h3-9H,10H2,1-2H3,(H,17,20). The van der Waals surface area contributed by atoms with Gasteiger partial charge in [-0.3, -0.25) is 9.69 Å². The number of imide groups is 1. The summed E-state index contributed by atoms with van der Waals surface area (Å²) in [5.41, 5.74) is 1.03. The summed E-state index contributed by atoms with van der Waals surface area (Å²) in [5, 5.41) is 2.67. The van der Waals surface area contributed by atoms with E-state index in [-0.39, 0.29) is 18.5 Å². The van der Waals surface area contributed by atoms with Crippen LogP contribution < -0.4 is 5.32 Å². The Morgan fingerprint density at radius 3 is 2.38 bits per heavy atom. The van der Waals surface area contributed by atoms with Crippen LogP contribution in [-0.4, -0.2) is 22.4 Å². The molecule has 0 spiro atoms. The summed E-state index contributed by atoms with van der Waals surface area (Å²) in [6.45, 7) is 3.67. The Morgan fingerprint density at radius 1 is 1.14 bits per heavy atom. The summed E-state index contributed by atoms with van der Waals surface area (Å²) in [4.78, 5) is 25.2. The minimum atomic E-state index is -0.828. The highest BCUT2D eigenvalue weighted by Crippen LogP contribution is 2.22. The number of furan rings is 1. The van der Waals surface area contributed by atoms with Crippen molar-refractivity contribution in [2.45, 2.75) is 25.9 Å². The largest absolute Gasteiger partial charge is 0.464 e. The number of nitrogens with zero attached hydrogens (tertiary/aromatic N) is 1. The van der Waals surface area contributed by atoms with Crippen molar-refractivity contribution in [1.82, 2.24) is 10.2 Å². The first kappa shape index (κ1) is 13.4. The smallest absolute Gasteiger partial charge is 0.325 e. The van der Waals surface area contributed by atoms with E-state index in [0.717, 1.165) is 16.9 Å². The Labute approximate surface area is 122 Å². The van der Waals surface area contributed by atoms with Crippen molar-refractivity contribution in [3.8, 4) is 11.3 Å². The minimum Gasteiger partial charge on any atom is -0.464 e. The van der Waals surface area contributed by atoms with Crippen molar-refractivity contribution in [3.63, 3.8) is 0 Å². The van der Waals surface area contributed by atoms with Crippen LogP contribution in [0.4, 0.5) is 4.79 Å². The van der Waals surface area contributed by atoms with E-state index in [4.69, 9.17) is 4.42 Å². The van der Waals surface area contributed by atoms with E-state index >= 15 is 0 Å². The van der Waals surface area contributed by atoms with Crippen molar-refractivity contribution in [1.29, 1.82) is 0 Å². The Balaban J connectivity index is 1.77. The number of hydrogen-bond acceptors (Lipinski definition) is 3. The first-order chi connectivity index (χ1) is 9.97. The monoisotopic (exact) mass is 284 g/mol. The average molecular weight is 284 g/mol. The van der Waals surface area contributed by atoms with Crippen molar-refractivity contribution in [2.24, 2.45) is 0 Å². The Kier molecular flexibility index (Phi) is 3.05. The summed E-state index contributed by atoms with van der Waals surface area (Å²) in [6.07, 6.45) is 1.62. The lowest BCUT2D eigenvalue weighted by molar-refractivity contribution is -0.130. The quantitative estimate of drug-likeness (QED) is 0.881. The van der Waals surface area contributed by atoms with E-state index in [2.05, 4.69) is 5.32 Å². The van der Waals surface area contributed by atoms with Crippen LogP contribution in [0.1, 0.15) is 19.4 Å². The number of carbonyl (C=O) groups excluding carboxylic acids is 2. The number of hydrogen-bond donors (Lipinski definition) is 1. The van der Waals surface area contributed by atoms with E-state index < -0.39 is 5.54 Å². The van der Waals surface area contributed by atoms with Gasteiger partial charge in [-0.05, 0) is 31.5 Å². The third-order valence-electron chi connectivity index (χ3n) is 3.54. The van der Waals surface area contributed by atoms with Gasteiger partial charge in [0.2, 0.25) is 0 Å². The van der Waals surface area contributed by atoms with Crippen molar-refractivity contribution >= 4 is 11.9 Å². The molecule has 1 aromatic carbocycles. The van der Waals surface area contributed by atoms with Gasteiger partial charge in [0.1, 0.15) is 11.3 Å². The number of rotatable bonds is 3. The van der Waals surface area contributed by atoms with E-state index in [9.17, 15) is 9.59 Å². The molecule has 2 aromatic rings. The molecule has 2 heterocycles. The summed E-state index contributed by atoms with van der Waals surface area (Å²) in [6, 6.07) is 11.0. The molecule has 1 aliphatic rings. The number of urea groups is 1. The lowest BCUT2D eigenvalue weighted by atomic mass is 10.1. The normalized spacial score (nSPS) is 17.1. The van der Waals surface area contributed by atoms with Crippen LogP contribution in [0.15, 0.2) is 47.1 Å². The Hall–Kier alpha value is -2.56. The maximum Gasteiger partial charge on any atom is 0.325 e. The van der Waals surface area contributed by atoms with Gasteiger partial charge >= 0.3 is 6.03 Å². The molecule has 0 aliphatic carbocycles. The zero-order valence-electron chi connectivity index (χ0n) is 11.9. The molecule has 3 rings (SSSR count). The van der Waals surface area contributed by atoms with Crippen LogP contribution in [-0.2, 0) is 11.3 Å². The number of nitrogens with one attached hydrogen (secondary N) is 1. The molecule has 1 saturated heterocycles. The van der Waals surface area contributed by atoms with Gasteiger partial charge in [-0.2, -0.15) is 0 Å². The maximum absolute atomic E-state index is 12.1. The highest BCUT2D eigenvalue weighted by atomic mass is 16.3. The van der Waals surface area contributed by atoms with Crippen LogP contribution in [0, 0.1) is 0 Å². The first-order valence-corrected chi connectivity index (χ1v) is 6.74. The van der Waals surface area contributed by atoms with Gasteiger partial charge in [-0.25, -0.2) is 4.79 Å². The van der Waals surface area contributed by atoms with E-state index in [0.29, 0.717) is 0 Å². The van der Waals surface area contributed by atoms with E-state index in [1.54, 1.807) is 20.1 Å². The second kappa shape index (κ2) is 4.77. The highest BCUT2D eigenvalue weighted by Gasteiger charge is 2.43. The third-order valence-corrected chi connectivity index (χ3v) is 3.54.